The minimum Gasteiger partial charge on any atom is -0.508 e. The van der Waals surface area contributed by atoms with Gasteiger partial charge < -0.3 is 54.0 Å². The van der Waals surface area contributed by atoms with Crippen molar-refractivity contribution in [2.45, 2.75) is 114 Å². The Kier molecular flexibility index (Phi) is 13.7. The molecule has 64 heavy (non-hydrogen) atoms. The third-order valence-electron chi connectivity index (χ3n) is 13.7. The monoisotopic (exact) mass is 874 g/mol. The van der Waals surface area contributed by atoms with Crippen LogP contribution in [-0.2, 0) is 15.9 Å². The number of aliphatic hydroxyl groups excluding tert-OH is 2. The Hall–Kier alpha value is -5.20. The summed E-state index contributed by atoms with van der Waals surface area (Å²) in [5, 5.41) is 56.3. The van der Waals surface area contributed by atoms with Gasteiger partial charge >= 0.3 is 0 Å². The molecular weight excluding hydrogens is 813 g/mol. The molecule has 9 rings (SSSR count). The number of hydrogen-bond donors (Lipinski definition) is 5. The van der Waals surface area contributed by atoms with Crippen LogP contribution in [0, 0.1) is 11.8 Å². The summed E-state index contributed by atoms with van der Waals surface area (Å²) in [6, 6.07) is 23.6. The fraction of sp³-hybridized carbons (Fsp3) is 0.472. The zero-order valence-corrected chi connectivity index (χ0v) is 36.8. The lowest BCUT2D eigenvalue weighted by atomic mass is 9.72. The van der Waals surface area contributed by atoms with Crippen LogP contribution in [0.25, 0.3) is 21.9 Å². The summed E-state index contributed by atoms with van der Waals surface area (Å²) in [5.41, 5.74) is 4.72. The van der Waals surface area contributed by atoms with E-state index in [-0.39, 0.29) is 49.3 Å². The Morgan fingerprint density at radius 2 is 1.44 bits per heavy atom. The van der Waals surface area contributed by atoms with Gasteiger partial charge in [0.05, 0.1) is 31.0 Å². The number of fused-ring (bicyclic) bond motifs is 4. The molecule has 0 radical (unpaired) electrons. The molecule has 5 aromatic carbocycles. The Morgan fingerprint density at radius 3 is 2.22 bits per heavy atom. The first-order valence-corrected chi connectivity index (χ1v) is 23.4. The normalized spacial score (nSPS) is 22.4. The number of benzene rings is 5. The van der Waals surface area contributed by atoms with Crippen molar-refractivity contribution in [2.24, 2.45) is 11.8 Å². The molecule has 0 spiro atoms. The van der Waals surface area contributed by atoms with E-state index in [0.29, 0.717) is 60.9 Å². The summed E-state index contributed by atoms with van der Waals surface area (Å²) in [6.07, 6.45) is 9.60. The zero-order valence-electron chi connectivity index (χ0n) is 36.8. The van der Waals surface area contributed by atoms with E-state index in [1.54, 1.807) is 49.6 Å². The summed E-state index contributed by atoms with van der Waals surface area (Å²) < 4.78 is 39.9. The number of hydrogen-bond acceptors (Lipinski definition) is 11. The van der Waals surface area contributed by atoms with Crippen molar-refractivity contribution >= 4 is 10.8 Å². The molecule has 0 saturated heterocycles. The Morgan fingerprint density at radius 1 is 0.688 bits per heavy atom. The first-order valence-electron chi connectivity index (χ1n) is 23.4. The number of phenols is 3. The molecule has 0 unspecified atom stereocenters. The molecule has 5 N–H and O–H groups in total. The molecular formula is C53H62O11. The maximum atomic E-state index is 12.9. The standard InChI is InChI=1S/C53H62O11/c1-59-22-8-16-47-49(53(60-23-9-21-54)45-30-48(63-39-12-3-2-4-13-39)43-28-37(57)18-20-42(43)52(45)64-47)46-31-61-51-34(27-40(29-44(51)50(46)58)62-38-14-5-6-15-38)24-33-26-36(56)17-19-41(33)32-10-7-11-35(55)25-32/h7,10-11,17-20,25-30,38-39,46-47,49-50,53-58H,2-6,8-9,12-16,21-24,31H2,1H3/t46-,47-,49-,50-,53+/m1/s1. The molecule has 0 bridgehead atoms. The lowest BCUT2D eigenvalue weighted by Gasteiger charge is -2.46. The summed E-state index contributed by atoms with van der Waals surface area (Å²) in [5.74, 6) is 2.05. The molecule has 340 valence electrons. The van der Waals surface area contributed by atoms with E-state index in [1.807, 2.05) is 36.4 Å². The molecule has 2 heterocycles. The van der Waals surface area contributed by atoms with Crippen molar-refractivity contribution in [3.8, 4) is 51.4 Å². The van der Waals surface area contributed by atoms with Crippen LogP contribution in [0.5, 0.6) is 40.2 Å². The van der Waals surface area contributed by atoms with E-state index in [4.69, 9.17) is 28.4 Å². The number of aliphatic hydroxyl groups is 2. The number of phenolic OH excluding ortho intramolecular Hbond substituents is 3. The molecule has 11 nitrogen and oxygen atoms in total. The SMILES string of the molecule is COCCC[C@H]1Oc2c(cc(OC3CCCCC3)c3cc(O)ccc23)[C@H](OCCCO)[C@@H]1[C@H]1COc2c(Cc3cc(O)ccc3-c3cccc(O)c3)cc(OC3CCCC3)cc2[C@H]1O. The van der Waals surface area contributed by atoms with Crippen molar-refractivity contribution in [3.05, 3.63) is 101 Å². The Labute approximate surface area is 375 Å². The fourth-order valence-corrected chi connectivity index (χ4v) is 10.7. The highest BCUT2D eigenvalue weighted by Gasteiger charge is 2.49. The van der Waals surface area contributed by atoms with Gasteiger partial charge in [-0.15, -0.1) is 0 Å². The topological polar surface area (TPSA) is 157 Å². The van der Waals surface area contributed by atoms with Crippen molar-refractivity contribution in [1.82, 2.24) is 0 Å². The first kappa shape index (κ1) is 44.0. The van der Waals surface area contributed by atoms with Gasteiger partial charge in [0.2, 0.25) is 0 Å². The van der Waals surface area contributed by atoms with Gasteiger partial charge in [0.25, 0.3) is 0 Å². The van der Waals surface area contributed by atoms with Crippen LogP contribution in [0.2, 0.25) is 0 Å². The molecule has 0 aromatic heterocycles. The van der Waals surface area contributed by atoms with Crippen LogP contribution in [0.3, 0.4) is 0 Å². The van der Waals surface area contributed by atoms with Gasteiger partial charge in [0.1, 0.15) is 46.4 Å². The number of rotatable bonds is 16. The maximum Gasteiger partial charge on any atom is 0.133 e. The predicted molar refractivity (Wildman–Crippen MR) is 244 cm³/mol. The Bertz CT molecular complexity index is 2390. The average molecular weight is 875 g/mol. The summed E-state index contributed by atoms with van der Waals surface area (Å²) in [7, 11) is 1.69. The minimum atomic E-state index is -1.01. The third kappa shape index (κ3) is 9.45. The van der Waals surface area contributed by atoms with Crippen molar-refractivity contribution in [3.63, 3.8) is 0 Å². The van der Waals surface area contributed by atoms with E-state index >= 15 is 0 Å². The molecule has 4 aliphatic rings. The molecule has 0 amide bonds. The fourth-order valence-electron chi connectivity index (χ4n) is 10.7. The second kappa shape index (κ2) is 19.9. The largest absolute Gasteiger partial charge is 0.508 e. The number of aromatic hydroxyl groups is 3. The van der Waals surface area contributed by atoms with E-state index in [1.165, 1.54) is 6.42 Å². The van der Waals surface area contributed by atoms with E-state index in [9.17, 15) is 25.5 Å². The molecule has 2 saturated carbocycles. The summed E-state index contributed by atoms with van der Waals surface area (Å²) in [6.45, 7) is 0.937. The highest BCUT2D eigenvalue weighted by molar-refractivity contribution is 5.96. The van der Waals surface area contributed by atoms with Gasteiger partial charge in [-0.05, 0) is 148 Å². The molecule has 2 aliphatic heterocycles. The quantitative estimate of drug-likeness (QED) is 0.0602. The Balaban J connectivity index is 1.14. The van der Waals surface area contributed by atoms with Gasteiger partial charge in [-0.25, -0.2) is 0 Å². The van der Waals surface area contributed by atoms with Gasteiger partial charge in [-0.1, -0.05) is 24.6 Å². The van der Waals surface area contributed by atoms with E-state index in [2.05, 4.69) is 0 Å². The highest BCUT2D eigenvalue weighted by Crippen LogP contribution is 2.55. The smallest absolute Gasteiger partial charge is 0.133 e. The average Bonchev–Trinajstić information content (AvgIpc) is 3.81. The van der Waals surface area contributed by atoms with Crippen LogP contribution in [0.15, 0.2) is 78.9 Å². The lowest BCUT2D eigenvalue weighted by Crippen LogP contribution is -2.46. The molecule has 2 aliphatic carbocycles. The van der Waals surface area contributed by atoms with Crippen LogP contribution in [0.1, 0.15) is 112 Å². The van der Waals surface area contributed by atoms with Crippen molar-refractivity contribution in [2.75, 3.05) is 33.5 Å². The van der Waals surface area contributed by atoms with Crippen LogP contribution >= 0.6 is 0 Å². The minimum absolute atomic E-state index is 0.0352. The predicted octanol–water partition coefficient (Wildman–Crippen LogP) is 10.2. The van der Waals surface area contributed by atoms with Crippen LogP contribution in [0.4, 0.5) is 0 Å². The van der Waals surface area contributed by atoms with Gasteiger partial charge in [0.15, 0.2) is 0 Å². The third-order valence-corrected chi connectivity index (χ3v) is 13.7. The molecule has 11 heteroatoms. The summed E-state index contributed by atoms with van der Waals surface area (Å²) in [4.78, 5) is 0. The van der Waals surface area contributed by atoms with E-state index < -0.39 is 30.1 Å². The van der Waals surface area contributed by atoms with Gasteiger partial charge in [0, 0.05) is 72.6 Å². The van der Waals surface area contributed by atoms with Crippen molar-refractivity contribution in [1.29, 1.82) is 0 Å². The highest BCUT2D eigenvalue weighted by atomic mass is 16.5. The molecule has 5 atom stereocenters. The van der Waals surface area contributed by atoms with Gasteiger partial charge in [-0.3, -0.25) is 0 Å². The molecule has 2 fully saturated rings. The second-order valence-corrected chi connectivity index (χ2v) is 18.2. The summed E-state index contributed by atoms with van der Waals surface area (Å²) >= 11 is 0. The number of ether oxygens (including phenoxy) is 6. The van der Waals surface area contributed by atoms with Crippen LogP contribution < -0.4 is 18.9 Å². The van der Waals surface area contributed by atoms with E-state index in [0.717, 1.165) is 90.0 Å². The molecule has 5 aromatic rings. The maximum absolute atomic E-state index is 12.9. The number of methoxy groups -OCH3 is 1. The van der Waals surface area contributed by atoms with Crippen LogP contribution in [-0.4, -0.2) is 77.4 Å². The first-order chi connectivity index (χ1) is 31.3. The van der Waals surface area contributed by atoms with Gasteiger partial charge in [-0.2, -0.15) is 0 Å². The second-order valence-electron chi connectivity index (χ2n) is 18.2. The lowest BCUT2D eigenvalue weighted by molar-refractivity contribution is -0.113. The van der Waals surface area contributed by atoms with Crippen molar-refractivity contribution < 1.29 is 54.0 Å². The zero-order chi connectivity index (χ0) is 44.2.